The summed E-state index contributed by atoms with van der Waals surface area (Å²) in [4.78, 5) is 21.1. The van der Waals surface area contributed by atoms with Crippen molar-refractivity contribution in [3.05, 3.63) is 33.9 Å². The van der Waals surface area contributed by atoms with Gasteiger partial charge < -0.3 is 14.9 Å². The van der Waals surface area contributed by atoms with E-state index in [4.69, 9.17) is 9.84 Å². The lowest BCUT2D eigenvalue weighted by molar-refractivity contribution is -0.384. The van der Waals surface area contributed by atoms with E-state index in [0.29, 0.717) is 11.5 Å². The van der Waals surface area contributed by atoms with Crippen molar-refractivity contribution in [1.29, 1.82) is 0 Å². The first kappa shape index (κ1) is 14.9. The quantitative estimate of drug-likeness (QED) is 0.491. The number of nitro benzene ring substituents is 1. The molecule has 1 fully saturated rings. The molecule has 108 valence electrons. The molecule has 0 amide bonds. The maximum absolute atomic E-state index is 11.1. The molecule has 0 saturated carbocycles. The molecule has 20 heavy (non-hydrogen) atoms. The Hall–Kier alpha value is -1.45. The van der Waals surface area contributed by atoms with Crippen LogP contribution < -0.4 is 4.74 Å². The summed E-state index contributed by atoms with van der Waals surface area (Å²) in [5.74, 6) is -0.275. The van der Waals surface area contributed by atoms with Crippen LogP contribution in [0.2, 0.25) is 0 Å². The average Bonchev–Trinajstić information content (AvgIpc) is 2.41. The SMILES string of the molecule is O=C(O)c1cc([N+](=O)[O-])ccc1OC1CSSCC1O. The Morgan fingerprint density at radius 3 is 2.70 bits per heavy atom. The first-order valence-corrected chi connectivity index (χ1v) is 8.08. The van der Waals surface area contributed by atoms with E-state index in [1.807, 2.05) is 0 Å². The second-order valence-electron chi connectivity index (χ2n) is 4.04. The second-order valence-corrected chi connectivity index (χ2v) is 6.59. The van der Waals surface area contributed by atoms with Crippen LogP contribution in [0.1, 0.15) is 10.4 Å². The minimum Gasteiger partial charge on any atom is -0.486 e. The highest BCUT2D eigenvalue weighted by atomic mass is 33.1. The molecule has 9 heteroatoms. The number of non-ortho nitro benzene ring substituents is 1. The Kier molecular flexibility index (Phi) is 4.73. The van der Waals surface area contributed by atoms with Crippen LogP contribution in [0.25, 0.3) is 0 Å². The lowest BCUT2D eigenvalue weighted by Crippen LogP contribution is -2.38. The van der Waals surface area contributed by atoms with Crippen LogP contribution in [0, 0.1) is 10.1 Å². The van der Waals surface area contributed by atoms with Gasteiger partial charge in [-0.25, -0.2) is 4.79 Å². The predicted molar refractivity (Wildman–Crippen MR) is 75.4 cm³/mol. The lowest BCUT2D eigenvalue weighted by atomic mass is 10.1. The number of nitrogens with zero attached hydrogens (tertiary/aromatic N) is 1. The minimum atomic E-state index is -1.31. The maximum atomic E-state index is 11.1. The van der Waals surface area contributed by atoms with Gasteiger partial charge in [0.1, 0.15) is 23.5 Å². The van der Waals surface area contributed by atoms with Crippen LogP contribution in [0.3, 0.4) is 0 Å². The number of carboxylic acid groups (broad SMARTS) is 1. The van der Waals surface area contributed by atoms with E-state index in [-0.39, 0.29) is 17.0 Å². The molecule has 1 saturated heterocycles. The number of hydrogen-bond donors (Lipinski definition) is 2. The molecule has 1 heterocycles. The van der Waals surface area contributed by atoms with Crippen molar-refractivity contribution in [3.63, 3.8) is 0 Å². The first-order valence-electron chi connectivity index (χ1n) is 5.60. The van der Waals surface area contributed by atoms with Crippen molar-refractivity contribution in [2.75, 3.05) is 11.5 Å². The molecule has 7 nitrogen and oxygen atoms in total. The molecule has 0 spiro atoms. The Morgan fingerprint density at radius 2 is 2.10 bits per heavy atom. The standard InChI is InChI=1S/C11H11NO6S2/c13-8-4-19-20-5-10(8)18-9-2-1-6(12(16)17)3-7(9)11(14)15/h1-3,8,10,13H,4-5H2,(H,14,15). The number of hydrogen-bond acceptors (Lipinski definition) is 7. The van der Waals surface area contributed by atoms with Crippen molar-refractivity contribution in [1.82, 2.24) is 0 Å². The van der Waals surface area contributed by atoms with Crippen molar-refractivity contribution < 1.29 is 24.7 Å². The molecule has 1 aromatic rings. The Labute approximate surface area is 121 Å². The Bertz CT molecular complexity index is 538. The molecule has 2 rings (SSSR count). The van der Waals surface area contributed by atoms with Crippen molar-refractivity contribution in [3.8, 4) is 5.75 Å². The molecule has 2 atom stereocenters. The van der Waals surface area contributed by atoms with E-state index in [9.17, 15) is 20.0 Å². The fourth-order valence-electron chi connectivity index (χ4n) is 1.63. The number of carboxylic acids is 1. The molecule has 1 aromatic carbocycles. The van der Waals surface area contributed by atoms with E-state index in [0.717, 1.165) is 6.07 Å². The Morgan fingerprint density at radius 1 is 1.40 bits per heavy atom. The highest BCUT2D eigenvalue weighted by Crippen LogP contribution is 2.33. The molecule has 0 radical (unpaired) electrons. The van der Waals surface area contributed by atoms with Gasteiger partial charge in [-0.1, -0.05) is 21.6 Å². The van der Waals surface area contributed by atoms with E-state index in [1.54, 1.807) is 0 Å². The molecule has 0 aliphatic carbocycles. The lowest BCUT2D eigenvalue weighted by Gasteiger charge is -2.27. The molecule has 0 bridgehead atoms. The molecule has 2 unspecified atom stereocenters. The summed E-state index contributed by atoms with van der Waals surface area (Å²) in [5.41, 5.74) is -0.599. The number of aromatic carboxylic acids is 1. The van der Waals surface area contributed by atoms with Gasteiger partial charge >= 0.3 is 5.97 Å². The van der Waals surface area contributed by atoms with Gasteiger partial charge in [-0.15, -0.1) is 0 Å². The summed E-state index contributed by atoms with van der Waals surface area (Å²) in [6.07, 6.45) is -1.22. The number of ether oxygens (including phenoxy) is 1. The maximum Gasteiger partial charge on any atom is 0.339 e. The predicted octanol–water partition coefficient (Wildman–Crippen LogP) is 1.80. The second kappa shape index (κ2) is 6.33. The fraction of sp³-hybridized carbons (Fsp3) is 0.364. The van der Waals surface area contributed by atoms with Crippen LogP contribution in [0.4, 0.5) is 5.69 Å². The zero-order valence-electron chi connectivity index (χ0n) is 10.1. The van der Waals surface area contributed by atoms with Gasteiger partial charge in [0.25, 0.3) is 5.69 Å². The van der Waals surface area contributed by atoms with Gasteiger partial charge in [0.2, 0.25) is 0 Å². The summed E-state index contributed by atoms with van der Waals surface area (Å²) >= 11 is 0. The summed E-state index contributed by atoms with van der Waals surface area (Å²) in [6.45, 7) is 0. The monoisotopic (exact) mass is 317 g/mol. The van der Waals surface area contributed by atoms with Gasteiger partial charge in [0.05, 0.1) is 4.92 Å². The van der Waals surface area contributed by atoms with Crippen LogP contribution in [-0.2, 0) is 0 Å². The number of nitro groups is 1. The average molecular weight is 317 g/mol. The summed E-state index contributed by atoms with van der Waals surface area (Å²) in [6, 6.07) is 3.38. The van der Waals surface area contributed by atoms with Crippen molar-refractivity contribution in [2.45, 2.75) is 12.2 Å². The summed E-state index contributed by atoms with van der Waals surface area (Å²) in [7, 11) is 3.04. The number of aliphatic hydroxyl groups is 1. The highest BCUT2D eigenvalue weighted by molar-refractivity contribution is 8.76. The van der Waals surface area contributed by atoms with Gasteiger partial charge in [-0.2, -0.15) is 0 Å². The van der Waals surface area contributed by atoms with E-state index < -0.39 is 23.1 Å². The number of aliphatic hydroxyl groups excluding tert-OH is 1. The molecular weight excluding hydrogens is 306 g/mol. The topological polar surface area (TPSA) is 110 Å². The zero-order chi connectivity index (χ0) is 14.7. The number of benzene rings is 1. The van der Waals surface area contributed by atoms with Crippen molar-refractivity contribution >= 4 is 33.2 Å². The third kappa shape index (κ3) is 3.35. The van der Waals surface area contributed by atoms with E-state index in [2.05, 4.69) is 0 Å². The normalized spacial score (nSPS) is 22.2. The minimum absolute atomic E-state index is 0.0275. The molecule has 1 aliphatic heterocycles. The van der Waals surface area contributed by atoms with Gasteiger partial charge in [0, 0.05) is 23.6 Å². The fourth-order valence-corrected chi connectivity index (χ4v) is 4.00. The smallest absolute Gasteiger partial charge is 0.339 e. The summed E-state index contributed by atoms with van der Waals surface area (Å²) in [5, 5.41) is 29.5. The zero-order valence-corrected chi connectivity index (χ0v) is 11.7. The van der Waals surface area contributed by atoms with E-state index >= 15 is 0 Å². The third-order valence-electron chi connectivity index (χ3n) is 2.67. The number of rotatable bonds is 4. The Balaban J connectivity index is 2.26. The highest BCUT2D eigenvalue weighted by Gasteiger charge is 2.28. The van der Waals surface area contributed by atoms with Gasteiger partial charge in [-0.05, 0) is 6.07 Å². The van der Waals surface area contributed by atoms with Gasteiger partial charge in [0.15, 0.2) is 0 Å². The third-order valence-corrected chi connectivity index (χ3v) is 5.09. The summed E-state index contributed by atoms with van der Waals surface area (Å²) < 4.78 is 5.51. The van der Waals surface area contributed by atoms with Crippen LogP contribution in [-0.4, -0.2) is 44.8 Å². The van der Waals surface area contributed by atoms with E-state index in [1.165, 1.54) is 33.7 Å². The molecular formula is C11H11NO6S2. The largest absolute Gasteiger partial charge is 0.486 e. The van der Waals surface area contributed by atoms with Crippen LogP contribution in [0.5, 0.6) is 5.75 Å². The molecule has 0 aromatic heterocycles. The van der Waals surface area contributed by atoms with Crippen LogP contribution in [0.15, 0.2) is 18.2 Å². The van der Waals surface area contributed by atoms with Gasteiger partial charge in [-0.3, -0.25) is 10.1 Å². The number of carbonyl (C=O) groups is 1. The molecule has 1 aliphatic rings. The molecule has 2 N–H and O–H groups in total. The van der Waals surface area contributed by atoms with Crippen LogP contribution >= 0.6 is 21.6 Å². The first-order chi connectivity index (χ1) is 9.49. The van der Waals surface area contributed by atoms with Crippen molar-refractivity contribution in [2.24, 2.45) is 0 Å².